The molecule has 0 radical (unpaired) electrons. The van der Waals surface area contributed by atoms with Crippen molar-refractivity contribution in [3.8, 4) is 0 Å². The van der Waals surface area contributed by atoms with Gasteiger partial charge >= 0.3 is 0 Å². The summed E-state index contributed by atoms with van der Waals surface area (Å²) in [6.07, 6.45) is 0. The number of hydrogen-bond acceptors (Lipinski definition) is 3. The fourth-order valence-electron chi connectivity index (χ4n) is 1.59. The van der Waals surface area contributed by atoms with Gasteiger partial charge in [0.05, 0.1) is 18.9 Å². The van der Waals surface area contributed by atoms with E-state index in [-0.39, 0.29) is 0 Å². The van der Waals surface area contributed by atoms with Crippen molar-refractivity contribution in [1.29, 1.82) is 0 Å². The molecule has 0 aliphatic carbocycles. The van der Waals surface area contributed by atoms with E-state index in [1.165, 1.54) is 0 Å². The maximum atomic E-state index is 5.90. The van der Waals surface area contributed by atoms with E-state index in [0.29, 0.717) is 10.2 Å². The summed E-state index contributed by atoms with van der Waals surface area (Å²) in [6.45, 7) is 4.23. The SMILES string of the molecule is Clc1cc(Cl)nc(CN2CCOCC2)c1. The van der Waals surface area contributed by atoms with Crippen LogP contribution in [-0.4, -0.2) is 36.2 Å². The zero-order valence-corrected chi connectivity index (χ0v) is 9.76. The maximum Gasteiger partial charge on any atom is 0.130 e. The number of pyridine rings is 1. The second kappa shape index (κ2) is 5.12. The van der Waals surface area contributed by atoms with Gasteiger partial charge in [-0.2, -0.15) is 0 Å². The Morgan fingerprint density at radius 3 is 2.67 bits per heavy atom. The molecule has 3 nitrogen and oxygen atoms in total. The highest BCUT2D eigenvalue weighted by Crippen LogP contribution is 2.16. The molecular weight excluding hydrogens is 235 g/mol. The molecule has 0 spiro atoms. The molecule has 2 heterocycles. The van der Waals surface area contributed by atoms with Crippen LogP contribution in [0.5, 0.6) is 0 Å². The van der Waals surface area contributed by atoms with E-state index in [1.807, 2.05) is 6.07 Å². The lowest BCUT2D eigenvalue weighted by molar-refractivity contribution is 0.0336. The van der Waals surface area contributed by atoms with Crippen molar-refractivity contribution in [2.75, 3.05) is 26.3 Å². The first-order valence-electron chi connectivity index (χ1n) is 4.86. The molecule has 0 aromatic carbocycles. The number of hydrogen-bond donors (Lipinski definition) is 0. The van der Waals surface area contributed by atoms with Gasteiger partial charge in [0.15, 0.2) is 0 Å². The molecule has 1 saturated heterocycles. The Morgan fingerprint density at radius 2 is 2.00 bits per heavy atom. The number of ether oxygens (including phenoxy) is 1. The molecule has 2 rings (SSSR count). The van der Waals surface area contributed by atoms with E-state index in [0.717, 1.165) is 38.5 Å². The average molecular weight is 247 g/mol. The summed E-state index contributed by atoms with van der Waals surface area (Å²) in [5.41, 5.74) is 0.911. The van der Waals surface area contributed by atoms with Crippen molar-refractivity contribution >= 4 is 23.2 Å². The lowest BCUT2D eigenvalue weighted by Crippen LogP contribution is -2.35. The van der Waals surface area contributed by atoms with Gasteiger partial charge < -0.3 is 4.74 Å². The van der Waals surface area contributed by atoms with E-state index in [4.69, 9.17) is 27.9 Å². The highest BCUT2D eigenvalue weighted by atomic mass is 35.5. The van der Waals surface area contributed by atoms with Crippen LogP contribution >= 0.6 is 23.2 Å². The summed E-state index contributed by atoms with van der Waals surface area (Å²) in [6, 6.07) is 3.49. The molecule has 5 heteroatoms. The van der Waals surface area contributed by atoms with Crippen LogP contribution in [0.3, 0.4) is 0 Å². The Hall–Kier alpha value is -0.350. The third-order valence-corrected chi connectivity index (χ3v) is 2.71. The molecule has 0 unspecified atom stereocenters. The van der Waals surface area contributed by atoms with Gasteiger partial charge in [-0.15, -0.1) is 0 Å². The van der Waals surface area contributed by atoms with Crippen molar-refractivity contribution < 1.29 is 4.74 Å². The highest BCUT2D eigenvalue weighted by molar-refractivity contribution is 6.33. The molecule has 15 heavy (non-hydrogen) atoms. The van der Waals surface area contributed by atoms with E-state index < -0.39 is 0 Å². The lowest BCUT2D eigenvalue weighted by atomic mass is 10.3. The van der Waals surface area contributed by atoms with Gasteiger partial charge in [-0.3, -0.25) is 4.90 Å². The summed E-state index contributed by atoms with van der Waals surface area (Å²) >= 11 is 11.7. The third-order valence-electron chi connectivity index (χ3n) is 2.30. The lowest BCUT2D eigenvalue weighted by Gasteiger charge is -2.26. The minimum atomic E-state index is 0.450. The number of halogens is 2. The van der Waals surface area contributed by atoms with Crippen LogP contribution in [0.4, 0.5) is 0 Å². The molecule has 82 valence electrons. The summed E-state index contributed by atoms with van der Waals surface area (Å²) in [5, 5.41) is 1.09. The molecule has 0 N–H and O–H groups in total. The molecule has 1 aromatic rings. The summed E-state index contributed by atoms with van der Waals surface area (Å²) in [4.78, 5) is 6.50. The average Bonchev–Trinajstić information content (AvgIpc) is 2.17. The molecule has 1 aliphatic rings. The fourth-order valence-corrected chi connectivity index (χ4v) is 2.10. The Morgan fingerprint density at radius 1 is 1.27 bits per heavy atom. The Labute approximate surface area is 98.9 Å². The van der Waals surface area contributed by atoms with Gasteiger partial charge in [0.25, 0.3) is 0 Å². The topological polar surface area (TPSA) is 25.4 Å². The number of aromatic nitrogens is 1. The quantitative estimate of drug-likeness (QED) is 0.749. The first-order valence-corrected chi connectivity index (χ1v) is 5.62. The van der Waals surface area contributed by atoms with E-state index in [9.17, 15) is 0 Å². The van der Waals surface area contributed by atoms with E-state index in [2.05, 4.69) is 9.88 Å². The standard InChI is InChI=1S/C10H12Cl2N2O/c11-8-5-9(13-10(12)6-8)7-14-1-3-15-4-2-14/h5-6H,1-4,7H2. The van der Waals surface area contributed by atoms with Crippen LogP contribution in [0.25, 0.3) is 0 Å². The number of morpholine rings is 1. The largest absolute Gasteiger partial charge is 0.379 e. The molecule has 0 bridgehead atoms. The van der Waals surface area contributed by atoms with Crippen molar-refractivity contribution in [3.63, 3.8) is 0 Å². The van der Waals surface area contributed by atoms with E-state index >= 15 is 0 Å². The molecule has 1 aromatic heterocycles. The van der Waals surface area contributed by atoms with Crippen molar-refractivity contribution in [2.24, 2.45) is 0 Å². The van der Waals surface area contributed by atoms with Crippen LogP contribution in [0.15, 0.2) is 12.1 Å². The predicted molar refractivity (Wildman–Crippen MR) is 60.4 cm³/mol. The van der Waals surface area contributed by atoms with Crippen LogP contribution in [0.1, 0.15) is 5.69 Å². The molecule has 1 fully saturated rings. The molecule has 0 saturated carbocycles. The fraction of sp³-hybridized carbons (Fsp3) is 0.500. The second-order valence-electron chi connectivity index (χ2n) is 3.49. The minimum absolute atomic E-state index is 0.450. The number of nitrogens with zero attached hydrogens (tertiary/aromatic N) is 2. The summed E-state index contributed by atoms with van der Waals surface area (Å²) in [7, 11) is 0. The number of rotatable bonds is 2. The van der Waals surface area contributed by atoms with Gasteiger partial charge in [-0.05, 0) is 12.1 Å². The van der Waals surface area contributed by atoms with Crippen LogP contribution in [0.2, 0.25) is 10.2 Å². The van der Waals surface area contributed by atoms with Crippen molar-refractivity contribution in [3.05, 3.63) is 28.0 Å². The smallest absolute Gasteiger partial charge is 0.130 e. The Bertz CT molecular complexity index is 320. The first kappa shape index (κ1) is 11.1. The van der Waals surface area contributed by atoms with Gasteiger partial charge in [0.2, 0.25) is 0 Å². The normalized spacial score (nSPS) is 18.0. The first-order chi connectivity index (χ1) is 7.24. The summed E-state index contributed by atoms with van der Waals surface area (Å²) < 4.78 is 5.27. The minimum Gasteiger partial charge on any atom is -0.379 e. The Kier molecular flexibility index (Phi) is 3.81. The zero-order chi connectivity index (χ0) is 10.7. The van der Waals surface area contributed by atoms with Crippen molar-refractivity contribution in [1.82, 2.24) is 9.88 Å². The molecular formula is C10H12Cl2N2O. The molecule has 0 amide bonds. The van der Waals surface area contributed by atoms with E-state index in [1.54, 1.807) is 6.07 Å². The second-order valence-corrected chi connectivity index (χ2v) is 4.31. The monoisotopic (exact) mass is 246 g/mol. The van der Waals surface area contributed by atoms with Gasteiger partial charge in [0.1, 0.15) is 5.15 Å². The molecule has 1 aliphatic heterocycles. The van der Waals surface area contributed by atoms with Crippen molar-refractivity contribution in [2.45, 2.75) is 6.54 Å². The third kappa shape index (κ3) is 3.31. The molecule has 0 atom stereocenters. The Balaban J connectivity index is 2.02. The predicted octanol–water partition coefficient (Wildman–Crippen LogP) is 2.22. The zero-order valence-electron chi connectivity index (χ0n) is 8.25. The maximum absolute atomic E-state index is 5.90. The van der Waals surface area contributed by atoms with Gasteiger partial charge in [-0.1, -0.05) is 23.2 Å². The highest BCUT2D eigenvalue weighted by Gasteiger charge is 2.11. The summed E-state index contributed by atoms with van der Waals surface area (Å²) in [5.74, 6) is 0. The van der Waals surface area contributed by atoms with Crippen LogP contribution < -0.4 is 0 Å². The van der Waals surface area contributed by atoms with Gasteiger partial charge in [-0.25, -0.2) is 4.98 Å². The van der Waals surface area contributed by atoms with Crippen LogP contribution in [0, 0.1) is 0 Å². The van der Waals surface area contributed by atoms with Gasteiger partial charge in [0, 0.05) is 24.7 Å². The van der Waals surface area contributed by atoms with Crippen LogP contribution in [-0.2, 0) is 11.3 Å².